The van der Waals surface area contributed by atoms with Crippen molar-refractivity contribution in [1.29, 1.82) is 0 Å². The highest BCUT2D eigenvalue weighted by Crippen LogP contribution is 2.28. The lowest BCUT2D eigenvalue weighted by molar-refractivity contribution is 0.0694. The predicted molar refractivity (Wildman–Crippen MR) is 116 cm³/mol. The third-order valence-electron chi connectivity index (χ3n) is 5.25. The van der Waals surface area contributed by atoms with Gasteiger partial charge in [0.15, 0.2) is 0 Å². The Bertz CT molecular complexity index is 1080. The monoisotopic (exact) mass is 414 g/mol. The summed E-state index contributed by atoms with van der Waals surface area (Å²) in [6, 6.07) is 2.80. The molecule has 1 heterocycles. The lowest BCUT2D eigenvalue weighted by atomic mass is 9.98. The van der Waals surface area contributed by atoms with E-state index in [1.54, 1.807) is 24.8 Å². The van der Waals surface area contributed by atoms with Gasteiger partial charge in [-0.2, -0.15) is 0 Å². The van der Waals surface area contributed by atoms with Crippen LogP contribution in [0.15, 0.2) is 47.1 Å². The number of fused-ring (bicyclic) bond motifs is 1. The number of hydrogen-bond donors (Lipinski definition) is 1. The number of aromatic carboxylic acids is 1. The number of carboxylic acids is 1. The lowest BCUT2D eigenvalue weighted by Crippen LogP contribution is -2.27. The van der Waals surface area contributed by atoms with Gasteiger partial charge >= 0.3 is 5.97 Å². The number of aromatic nitrogens is 1. The van der Waals surface area contributed by atoms with Crippen molar-refractivity contribution in [2.24, 2.45) is 11.8 Å². The van der Waals surface area contributed by atoms with Gasteiger partial charge in [0.2, 0.25) is 5.43 Å². The standard InChI is InChI=1S/C23H27FN2O4/c1-14(2)11-26-13-18(23(28)29)22(27)17-9-19(24)21(10-20(17)26)25(3)12-15-6-5-7-16(8-15)30-4/h5-7,9-10,13-15H,8,11-12H2,1-4H3,(H,28,29). The first kappa shape index (κ1) is 21.6. The van der Waals surface area contributed by atoms with Crippen molar-refractivity contribution in [3.8, 4) is 0 Å². The van der Waals surface area contributed by atoms with Crippen LogP contribution in [-0.4, -0.2) is 36.3 Å². The van der Waals surface area contributed by atoms with Crippen LogP contribution in [-0.2, 0) is 11.3 Å². The Labute approximate surface area is 174 Å². The van der Waals surface area contributed by atoms with Gasteiger partial charge < -0.3 is 19.3 Å². The minimum Gasteiger partial charge on any atom is -0.501 e. The van der Waals surface area contributed by atoms with Crippen LogP contribution < -0.4 is 10.3 Å². The number of hydrogen-bond acceptors (Lipinski definition) is 4. The zero-order valence-electron chi connectivity index (χ0n) is 17.7. The average molecular weight is 414 g/mol. The summed E-state index contributed by atoms with van der Waals surface area (Å²) in [7, 11) is 3.44. The molecule has 0 bridgehead atoms. The van der Waals surface area contributed by atoms with Crippen molar-refractivity contribution in [3.63, 3.8) is 0 Å². The van der Waals surface area contributed by atoms with E-state index in [9.17, 15) is 19.1 Å². The molecule has 160 valence electrons. The lowest BCUT2D eigenvalue weighted by Gasteiger charge is -2.27. The fourth-order valence-corrected chi connectivity index (χ4v) is 3.83. The van der Waals surface area contributed by atoms with Gasteiger partial charge in [-0.1, -0.05) is 26.0 Å². The van der Waals surface area contributed by atoms with E-state index >= 15 is 0 Å². The summed E-state index contributed by atoms with van der Waals surface area (Å²) >= 11 is 0. The Morgan fingerprint density at radius 2 is 2.13 bits per heavy atom. The molecule has 0 saturated heterocycles. The second-order valence-corrected chi connectivity index (χ2v) is 8.11. The molecule has 0 fully saturated rings. The number of rotatable bonds is 7. The quantitative estimate of drug-likeness (QED) is 0.740. The van der Waals surface area contributed by atoms with Gasteiger partial charge in [-0.15, -0.1) is 0 Å². The molecular formula is C23H27FN2O4. The highest BCUT2D eigenvalue weighted by atomic mass is 19.1. The summed E-state index contributed by atoms with van der Waals surface area (Å²) < 4.78 is 22.0. The summed E-state index contributed by atoms with van der Waals surface area (Å²) in [5.41, 5.74) is -0.131. The largest absolute Gasteiger partial charge is 0.501 e. The van der Waals surface area contributed by atoms with Crippen molar-refractivity contribution < 1.29 is 19.0 Å². The molecule has 0 aliphatic heterocycles. The number of anilines is 1. The number of carboxylic acid groups (broad SMARTS) is 1. The van der Waals surface area contributed by atoms with Gasteiger partial charge in [0.05, 0.1) is 24.1 Å². The Kier molecular flexibility index (Phi) is 6.29. The number of pyridine rings is 1. The molecule has 2 aromatic rings. The normalized spacial score (nSPS) is 16.1. The van der Waals surface area contributed by atoms with E-state index in [1.165, 1.54) is 6.20 Å². The molecule has 1 aromatic carbocycles. The van der Waals surface area contributed by atoms with Crippen molar-refractivity contribution in [1.82, 2.24) is 4.57 Å². The molecule has 1 aliphatic carbocycles. The van der Waals surface area contributed by atoms with Crippen LogP contribution >= 0.6 is 0 Å². The molecule has 1 aromatic heterocycles. The van der Waals surface area contributed by atoms with E-state index in [2.05, 4.69) is 6.08 Å². The summed E-state index contributed by atoms with van der Waals surface area (Å²) in [4.78, 5) is 25.9. The van der Waals surface area contributed by atoms with Gasteiger partial charge in [-0.25, -0.2) is 9.18 Å². The molecule has 7 heteroatoms. The molecule has 1 atom stereocenters. The third kappa shape index (κ3) is 4.40. The molecule has 0 spiro atoms. The van der Waals surface area contributed by atoms with Crippen LogP contribution in [0.4, 0.5) is 10.1 Å². The van der Waals surface area contributed by atoms with Gasteiger partial charge in [0, 0.05) is 44.1 Å². The average Bonchev–Trinajstić information content (AvgIpc) is 2.69. The fraction of sp³-hybridized carbons (Fsp3) is 0.391. The number of allylic oxidation sites excluding steroid dienone is 3. The fourth-order valence-electron chi connectivity index (χ4n) is 3.83. The summed E-state index contributed by atoms with van der Waals surface area (Å²) in [6.07, 6.45) is 8.00. The van der Waals surface area contributed by atoms with Crippen LogP contribution in [0, 0.1) is 17.7 Å². The maximum absolute atomic E-state index is 15.0. The third-order valence-corrected chi connectivity index (χ3v) is 5.25. The zero-order valence-corrected chi connectivity index (χ0v) is 17.7. The predicted octanol–water partition coefficient (Wildman–Crippen LogP) is 4.04. The Morgan fingerprint density at radius 1 is 1.40 bits per heavy atom. The molecular weight excluding hydrogens is 387 g/mol. The number of carbonyl (C=O) groups is 1. The molecule has 0 radical (unpaired) electrons. The smallest absolute Gasteiger partial charge is 0.341 e. The van der Waals surface area contributed by atoms with E-state index in [-0.39, 0.29) is 22.8 Å². The molecule has 0 amide bonds. The van der Waals surface area contributed by atoms with E-state index in [0.717, 1.165) is 18.2 Å². The Morgan fingerprint density at radius 3 is 2.77 bits per heavy atom. The maximum Gasteiger partial charge on any atom is 0.341 e. The van der Waals surface area contributed by atoms with E-state index in [4.69, 9.17) is 4.74 Å². The maximum atomic E-state index is 15.0. The van der Waals surface area contributed by atoms with Gasteiger partial charge in [0.25, 0.3) is 0 Å². The molecule has 1 unspecified atom stereocenters. The Balaban J connectivity index is 2.04. The van der Waals surface area contributed by atoms with Crippen molar-refractivity contribution in [2.45, 2.75) is 26.8 Å². The van der Waals surface area contributed by atoms with Crippen LogP contribution in [0.1, 0.15) is 30.6 Å². The van der Waals surface area contributed by atoms with Crippen LogP contribution in [0.5, 0.6) is 0 Å². The van der Waals surface area contributed by atoms with Gasteiger partial charge in [-0.3, -0.25) is 4.79 Å². The van der Waals surface area contributed by atoms with Crippen molar-refractivity contribution in [2.75, 3.05) is 25.6 Å². The van der Waals surface area contributed by atoms with Crippen LogP contribution in [0.2, 0.25) is 0 Å². The second-order valence-electron chi connectivity index (χ2n) is 8.11. The topological polar surface area (TPSA) is 71.8 Å². The molecule has 1 N–H and O–H groups in total. The van der Waals surface area contributed by atoms with Crippen LogP contribution in [0.25, 0.3) is 10.9 Å². The molecule has 0 saturated carbocycles. The summed E-state index contributed by atoms with van der Waals surface area (Å²) in [6.45, 7) is 5.08. The van der Waals surface area contributed by atoms with E-state index in [0.29, 0.717) is 24.3 Å². The Hall–Kier alpha value is -3.09. The first-order chi connectivity index (χ1) is 14.2. The van der Waals surface area contributed by atoms with Gasteiger partial charge in [0.1, 0.15) is 11.4 Å². The number of halogens is 1. The molecule has 30 heavy (non-hydrogen) atoms. The minimum atomic E-state index is -1.31. The summed E-state index contributed by atoms with van der Waals surface area (Å²) in [5, 5.41) is 9.46. The highest BCUT2D eigenvalue weighted by molar-refractivity contribution is 5.93. The first-order valence-electron chi connectivity index (χ1n) is 9.93. The van der Waals surface area contributed by atoms with Crippen molar-refractivity contribution >= 4 is 22.6 Å². The zero-order chi connectivity index (χ0) is 22.0. The molecule has 6 nitrogen and oxygen atoms in total. The molecule has 3 rings (SSSR count). The number of nitrogens with zero attached hydrogens (tertiary/aromatic N) is 2. The number of benzene rings is 1. The van der Waals surface area contributed by atoms with Gasteiger partial charge in [-0.05, 0) is 24.1 Å². The van der Waals surface area contributed by atoms with Crippen molar-refractivity contribution in [3.05, 3.63) is 63.9 Å². The second kappa shape index (κ2) is 8.73. The van der Waals surface area contributed by atoms with E-state index in [1.807, 2.05) is 30.9 Å². The summed E-state index contributed by atoms with van der Waals surface area (Å²) in [5.74, 6) is -0.607. The van der Waals surface area contributed by atoms with E-state index < -0.39 is 17.2 Å². The molecule has 1 aliphatic rings. The first-order valence-corrected chi connectivity index (χ1v) is 9.93. The number of ether oxygens (including phenoxy) is 1. The van der Waals surface area contributed by atoms with Crippen LogP contribution in [0.3, 0.4) is 0 Å². The number of methoxy groups -OCH3 is 1. The highest BCUT2D eigenvalue weighted by Gasteiger charge is 2.20. The minimum absolute atomic E-state index is 0.0763. The SMILES string of the molecule is COC1=CC=CC(CN(C)c2cc3c(cc2F)c(=O)c(C(=O)O)cn3CC(C)C)C1.